The first-order valence-electron chi connectivity index (χ1n) is 10.3. The van der Waals surface area contributed by atoms with Crippen LogP contribution in [0.1, 0.15) is 22.9 Å². The van der Waals surface area contributed by atoms with Gasteiger partial charge in [-0.15, -0.1) is 0 Å². The van der Waals surface area contributed by atoms with Gasteiger partial charge in [-0.25, -0.2) is 4.39 Å². The van der Waals surface area contributed by atoms with Gasteiger partial charge in [0.15, 0.2) is 23.1 Å². The maximum atomic E-state index is 14.3. The monoisotopic (exact) mass is 467 g/mol. The molecule has 0 saturated carbocycles. The number of ketones is 1. The molecule has 0 radical (unpaired) electrons. The van der Waals surface area contributed by atoms with Crippen molar-refractivity contribution < 1.29 is 37.7 Å². The molecule has 0 spiro atoms. The molecule has 1 fully saturated rings. The van der Waals surface area contributed by atoms with E-state index in [9.17, 15) is 19.1 Å². The van der Waals surface area contributed by atoms with Crippen LogP contribution in [0.3, 0.4) is 0 Å². The number of likely N-dealkylation sites (tertiary alicyclic amines) is 1. The molecule has 1 amide bonds. The number of furan rings is 1. The van der Waals surface area contributed by atoms with Crippen molar-refractivity contribution in [1.82, 2.24) is 4.90 Å². The molecule has 1 N–H and O–H groups in total. The van der Waals surface area contributed by atoms with Crippen molar-refractivity contribution in [1.29, 1.82) is 0 Å². The number of rotatable bonds is 7. The smallest absolute Gasteiger partial charge is 0.296 e. The van der Waals surface area contributed by atoms with E-state index >= 15 is 0 Å². The second-order valence-corrected chi connectivity index (χ2v) is 7.47. The van der Waals surface area contributed by atoms with Crippen molar-refractivity contribution in [3.05, 3.63) is 83.1 Å². The summed E-state index contributed by atoms with van der Waals surface area (Å²) in [4.78, 5) is 27.4. The second kappa shape index (κ2) is 9.30. The number of hydrogen-bond acceptors (Lipinski definition) is 7. The molecule has 4 rings (SSSR count). The number of methoxy groups -OCH3 is 3. The minimum atomic E-state index is -0.991. The van der Waals surface area contributed by atoms with Crippen molar-refractivity contribution in [2.24, 2.45) is 0 Å². The zero-order valence-electron chi connectivity index (χ0n) is 18.7. The zero-order valence-corrected chi connectivity index (χ0v) is 18.7. The van der Waals surface area contributed by atoms with E-state index in [0.717, 1.165) is 6.07 Å². The Morgan fingerprint density at radius 1 is 1.00 bits per heavy atom. The van der Waals surface area contributed by atoms with Gasteiger partial charge in [-0.3, -0.25) is 9.59 Å². The maximum absolute atomic E-state index is 14.3. The lowest BCUT2D eigenvalue weighted by atomic mass is 9.95. The van der Waals surface area contributed by atoms with Crippen LogP contribution < -0.4 is 14.2 Å². The Bertz CT molecular complexity index is 1270. The second-order valence-electron chi connectivity index (χ2n) is 7.47. The van der Waals surface area contributed by atoms with Gasteiger partial charge in [-0.05, 0) is 48.0 Å². The first-order chi connectivity index (χ1) is 16.4. The lowest BCUT2D eigenvalue weighted by molar-refractivity contribution is -0.140. The predicted octanol–water partition coefficient (Wildman–Crippen LogP) is 4.07. The van der Waals surface area contributed by atoms with E-state index in [-0.39, 0.29) is 23.4 Å². The van der Waals surface area contributed by atoms with Crippen LogP contribution in [0.25, 0.3) is 5.76 Å². The molecule has 1 unspecified atom stereocenters. The molecule has 1 aliphatic heterocycles. The van der Waals surface area contributed by atoms with E-state index < -0.39 is 29.3 Å². The average molecular weight is 467 g/mol. The van der Waals surface area contributed by atoms with Crippen LogP contribution in [0.5, 0.6) is 17.2 Å². The van der Waals surface area contributed by atoms with E-state index in [2.05, 4.69) is 0 Å². The van der Waals surface area contributed by atoms with Gasteiger partial charge in [-0.1, -0.05) is 6.07 Å². The van der Waals surface area contributed by atoms with E-state index in [1.165, 1.54) is 44.6 Å². The molecule has 0 bridgehead atoms. The number of hydrogen-bond donors (Lipinski definition) is 1. The van der Waals surface area contributed by atoms with Crippen LogP contribution in [-0.2, 0) is 16.1 Å². The Labute approximate surface area is 194 Å². The topological polar surface area (TPSA) is 98.4 Å². The normalized spacial score (nSPS) is 17.2. The highest BCUT2D eigenvalue weighted by molar-refractivity contribution is 6.46. The third-order valence-corrected chi connectivity index (χ3v) is 5.59. The Kier molecular flexibility index (Phi) is 6.27. The number of Topliss-reactive ketones (excluding diaryl/α,β-unsaturated/α-hetero) is 1. The lowest BCUT2D eigenvalue weighted by Crippen LogP contribution is -2.29. The molecule has 1 saturated heterocycles. The van der Waals surface area contributed by atoms with Gasteiger partial charge < -0.3 is 28.6 Å². The van der Waals surface area contributed by atoms with Crippen LogP contribution in [0.2, 0.25) is 0 Å². The van der Waals surface area contributed by atoms with Crippen molar-refractivity contribution in [2.75, 3.05) is 21.3 Å². The van der Waals surface area contributed by atoms with Crippen LogP contribution in [0.4, 0.5) is 4.39 Å². The highest BCUT2D eigenvalue weighted by atomic mass is 19.1. The molecule has 1 aromatic heterocycles. The van der Waals surface area contributed by atoms with Gasteiger partial charge in [0.05, 0.1) is 45.8 Å². The van der Waals surface area contributed by atoms with Gasteiger partial charge in [-0.2, -0.15) is 0 Å². The van der Waals surface area contributed by atoms with Gasteiger partial charge in [0.1, 0.15) is 11.5 Å². The summed E-state index contributed by atoms with van der Waals surface area (Å²) in [7, 11) is 4.26. The molecule has 3 aromatic rings. The fraction of sp³-hybridized carbons (Fsp3) is 0.200. The molecule has 176 valence electrons. The third kappa shape index (κ3) is 3.96. The minimum Gasteiger partial charge on any atom is -0.507 e. The van der Waals surface area contributed by atoms with Crippen LogP contribution in [-0.4, -0.2) is 43.0 Å². The summed E-state index contributed by atoms with van der Waals surface area (Å²) in [5.41, 5.74) is 0.326. The number of halogens is 1. The number of nitrogens with zero attached hydrogens (tertiary/aromatic N) is 1. The summed E-state index contributed by atoms with van der Waals surface area (Å²) in [5, 5.41) is 11.1. The number of carbonyl (C=O) groups is 2. The van der Waals surface area contributed by atoms with E-state index in [1.807, 2.05) is 0 Å². The molecular formula is C25H22FNO7. The number of amides is 1. The van der Waals surface area contributed by atoms with Gasteiger partial charge in [0.25, 0.3) is 11.7 Å². The molecule has 1 atom stereocenters. The fourth-order valence-electron chi connectivity index (χ4n) is 3.95. The van der Waals surface area contributed by atoms with Crippen LogP contribution in [0, 0.1) is 5.82 Å². The van der Waals surface area contributed by atoms with Gasteiger partial charge >= 0.3 is 0 Å². The Balaban J connectivity index is 1.89. The molecular weight excluding hydrogens is 445 g/mol. The molecule has 9 heteroatoms. The first-order valence-corrected chi connectivity index (χ1v) is 10.3. The molecule has 2 aromatic carbocycles. The van der Waals surface area contributed by atoms with Crippen molar-refractivity contribution >= 4 is 17.4 Å². The van der Waals surface area contributed by atoms with Crippen molar-refractivity contribution in [2.45, 2.75) is 12.6 Å². The standard InChI is InChI=1S/C25H22FNO7/c1-31-18-8-7-15(11-17(18)26)23(28)21-22(14-6-9-19(32-2)20(12-14)33-3)27(25(30)24(21)29)13-16-5-4-10-34-16/h4-12,22,28H,13H2,1-3H3. The number of ether oxygens (including phenoxy) is 3. The number of carbonyl (C=O) groups excluding carboxylic acids is 2. The minimum absolute atomic E-state index is 0.0220. The third-order valence-electron chi connectivity index (χ3n) is 5.59. The molecule has 8 nitrogen and oxygen atoms in total. The van der Waals surface area contributed by atoms with Gasteiger partial charge in [0.2, 0.25) is 0 Å². The van der Waals surface area contributed by atoms with E-state index in [1.54, 1.807) is 30.3 Å². The zero-order chi connectivity index (χ0) is 24.4. The Hall–Kier alpha value is -4.27. The average Bonchev–Trinajstić information content (AvgIpc) is 3.45. The molecule has 2 heterocycles. The summed E-state index contributed by atoms with van der Waals surface area (Å²) in [6, 6.07) is 11.0. The number of aliphatic hydroxyl groups excluding tert-OH is 1. The van der Waals surface area contributed by atoms with Gasteiger partial charge in [0, 0.05) is 5.56 Å². The summed E-state index contributed by atoms with van der Waals surface area (Å²) in [6.45, 7) is -0.0235. The molecule has 0 aliphatic carbocycles. The molecule has 34 heavy (non-hydrogen) atoms. The van der Waals surface area contributed by atoms with Crippen LogP contribution >= 0.6 is 0 Å². The highest BCUT2D eigenvalue weighted by Crippen LogP contribution is 2.43. The quantitative estimate of drug-likeness (QED) is 0.318. The fourth-order valence-corrected chi connectivity index (χ4v) is 3.95. The molecule has 1 aliphatic rings. The Morgan fingerprint density at radius 2 is 1.71 bits per heavy atom. The SMILES string of the molecule is COc1ccc(C(O)=C2C(=O)C(=O)N(Cc3ccco3)C2c2ccc(OC)c(OC)c2)cc1F. The largest absolute Gasteiger partial charge is 0.507 e. The summed E-state index contributed by atoms with van der Waals surface area (Å²) in [5.74, 6) is -1.72. The van der Waals surface area contributed by atoms with Crippen molar-refractivity contribution in [3.8, 4) is 17.2 Å². The number of benzene rings is 2. The summed E-state index contributed by atoms with van der Waals surface area (Å²) >= 11 is 0. The summed E-state index contributed by atoms with van der Waals surface area (Å²) in [6.07, 6.45) is 1.46. The predicted molar refractivity (Wildman–Crippen MR) is 119 cm³/mol. The lowest BCUT2D eigenvalue weighted by Gasteiger charge is -2.25. The van der Waals surface area contributed by atoms with E-state index in [4.69, 9.17) is 18.6 Å². The van der Waals surface area contributed by atoms with E-state index in [0.29, 0.717) is 22.8 Å². The number of aliphatic hydroxyl groups is 1. The van der Waals surface area contributed by atoms with Crippen LogP contribution in [0.15, 0.2) is 64.8 Å². The maximum Gasteiger partial charge on any atom is 0.296 e. The first kappa shape index (κ1) is 22.9. The highest BCUT2D eigenvalue weighted by Gasteiger charge is 2.46. The summed E-state index contributed by atoms with van der Waals surface area (Å²) < 4.78 is 35.3. The van der Waals surface area contributed by atoms with Crippen molar-refractivity contribution in [3.63, 3.8) is 0 Å². The Morgan fingerprint density at radius 3 is 2.32 bits per heavy atom.